The third-order valence-corrected chi connectivity index (χ3v) is 3.17. The molecule has 1 aromatic carbocycles. The summed E-state index contributed by atoms with van der Waals surface area (Å²) in [5.41, 5.74) is -0.232. The van der Waals surface area contributed by atoms with Gasteiger partial charge < -0.3 is 15.7 Å². The van der Waals surface area contributed by atoms with E-state index in [1.807, 2.05) is 0 Å². The largest absolute Gasteiger partial charge is 0.465 e. The first kappa shape index (κ1) is 13.7. The first-order valence-electron chi connectivity index (χ1n) is 5.75. The number of carbonyl (C=O) groups is 1. The van der Waals surface area contributed by atoms with E-state index >= 15 is 0 Å². The van der Waals surface area contributed by atoms with Gasteiger partial charge in [-0.2, -0.15) is 13.2 Å². The zero-order chi connectivity index (χ0) is 14.0. The van der Waals surface area contributed by atoms with E-state index in [1.165, 1.54) is 6.07 Å². The summed E-state index contributed by atoms with van der Waals surface area (Å²) in [7, 11) is 0. The van der Waals surface area contributed by atoms with Crippen LogP contribution in [-0.4, -0.2) is 30.3 Å². The molecule has 1 aliphatic rings. The molecule has 1 aromatic rings. The molecule has 0 aromatic heterocycles. The van der Waals surface area contributed by atoms with Crippen molar-refractivity contribution in [2.75, 3.05) is 13.1 Å². The van der Waals surface area contributed by atoms with Crippen LogP contribution < -0.4 is 10.6 Å². The molecule has 1 aliphatic heterocycles. The van der Waals surface area contributed by atoms with E-state index in [4.69, 9.17) is 5.11 Å². The van der Waals surface area contributed by atoms with Crippen molar-refractivity contribution in [2.45, 2.75) is 18.1 Å². The maximum absolute atomic E-state index is 12.6. The average Bonchev–Trinajstić information content (AvgIpc) is 2.75. The van der Waals surface area contributed by atoms with Crippen molar-refractivity contribution < 1.29 is 23.1 Å². The van der Waals surface area contributed by atoms with Gasteiger partial charge in [-0.25, -0.2) is 4.79 Å². The number of hydrogen-bond acceptors (Lipinski definition) is 2. The molecule has 2 rings (SSSR count). The molecule has 1 saturated heterocycles. The fourth-order valence-corrected chi connectivity index (χ4v) is 2.28. The number of nitrogens with one attached hydrogen (secondary N) is 2. The minimum absolute atomic E-state index is 0.293. The minimum atomic E-state index is -4.39. The first-order chi connectivity index (χ1) is 8.88. The zero-order valence-electron chi connectivity index (χ0n) is 9.87. The Morgan fingerprint density at radius 3 is 2.74 bits per heavy atom. The molecule has 3 N–H and O–H groups in total. The van der Waals surface area contributed by atoms with E-state index in [0.29, 0.717) is 18.7 Å². The van der Waals surface area contributed by atoms with Crippen LogP contribution in [0.3, 0.4) is 0 Å². The Morgan fingerprint density at radius 2 is 2.11 bits per heavy atom. The molecule has 0 radical (unpaired) electrons. The number of amides is 1. The van der Waals surface area contributed by atoms with E-state index in [-0.39, 0.29) is 5.92 Å². The second-order valence-electron chi connectivity index (χ2n) is 4.44. The third kappa shape index (κ3) is 3.17. The maximum Gasteiger partial charge on any atom is 0.416 e. The number of halogens is 3. The first-order valence-corrected chi connectivity index (χ1v) is 5.75. The summed E-state index contributed by atoms with van der Waals surface area (Å²) in [5, 5.41) is 14.0. The quantitative estimate of drug-likeness (QED) is 0.773. The maximum atomic E-state index is 12.6. The van der Waals surface area contributed by atoms with Gasteiger partial charge in [0.05, 0.1) is 11.6 Å². The van der Waals surface area contributed by atoms with Crippen LogP contribution in [0.4, 0.5) is 18.0 Å². The van der Waals surface area contributed by atoms with E-state index in [9.17, 15) is 18.0 Å². The van der Waals surface area contributed by atoms with Crippen LogP contribution in [0.5, 0.6) is 0 Å². The predicted molar refractivity (Wildman–Crippen MR) is 62.0 cm³/mol. The van der Waals surface area contributed by atoms with E-state index < -0.39 is 23.9 Å². The van der Waals surface area contributed by atoms with Crippen molar-refractivity contribution in [3.63, 3.8) is 0 Å². The highest BCUT2D eigenvalue weighted by molar-refractivity contribution is 5.65. The smallest absolute Gasteiger partial charge is 0.416 e. The second-order valence-corrected chi connectivity index (χ2v) is 4.44. The van der Waals surface area contributed by atoms with Gasteiger partial charge in [-0.3, -0.25) is 0 Å². The number of rotatable bonds is 2. The van der Waals surface area contributed by atoms with E-state index in [2.05, 4.69) is 10.6 Å². The van der Waals surface area contributed by atoms with Gasteiger partial charge in [-0.15, -0.1) is 0 Å². The lowest BCUT2D eigenvalue weighted by molar-refractivity contribution is -0.137. The van der Waals surface area contributed by atoms with Crippen LogP contribution in [0.1, 0.15) is 17.0 Å². The second kappa shape index (κ2) is 5.08. The van der Waals surface area contributed by atoms with Crippen LogP contribution in [0.2, 0.25) is 0 Å². The summed E-state index contributed by atoms with van der Waals surface area (Å²) >= 11 is 0. The fraction of sp³-hybridized carbons (Fsp3) is 0.417. The van der Waals surface area contributed by atoms with Gasteiger partial charge in [0.2, 0.25) is 0 Å². The summed E-state index contributed by atoms with van der Waals surface area (Å²) in [6.07, 6.45) is -5.57. The topological polar surface area (TPSA) is 61.4 Å². The Morgan fingerprint density at radius 1 is 1.37 bits per heavy atom. The van der Waals surface area contributed by atoms with Crippen molar-refractivity contribution in [1.82, 2.24) is 10.6 Å². The van der Waals surface area contributed by atoms with Crippen LogP contribution in [0, 0.1) is 0 Å². The van der Waals surface area contributed by atoms with Gasteiger partial charge in [-0.1, -0.05) is 18.2 Å². The van der Waals surface area contributed by atoms with Crippen LogP contribution >= 0.6 is 0 Å². The molecular formula is C12H13F3N2O2. The highest BCUT2D eigenvalue weighted by atomic mass is 19.4. The third-order valence-electron chi connectivity index (χ3n) is 3.17. The molecule has 0 bridgehead atoms. The molecule has 4 nitrogen and oxygen atoms in total. The summed E-state index contributed by atoms with van der Waals surface area (Å²) in [6.45, 7) is 0.861. The molecule has 2 unspecified atom stereocenters. The van der Waals surface area contributed by atoms with Crippen LogP contribution in [0.25, 0.3) is 0 Å². The minimum Gasteiger partial charge on any atom is -0.465 e. The van der Waals surface area contributed by atoms with Gasteiger partial charge in [0.1, 0.15) is 0 Å². The molecule has 0 spiro atoms. The van der Waals surface area contributed by atoms with Gasteiger partial charge in [0, 0.05) is 19.0 Å². The van der Waals surface area contributed by atoms with Crippen molar-refractivity contribution in [3.8, 4) is 0 Å². The summed E-state index contributed by atoms with van der Waals surface area (Å²) < 4.78 is 37.9. The lowest BCUT2D eigenvalue weighted by atomic mass is 9.93. The normalized spacial score (nSPS) is 23.3. The summed E-state index contributed by atoms with van der Waals surface area (Å²) in [6, 6.07) is 4.60. The van der Waals surface area contributed by atoms with Gasteiger partial charge >= 0.3 is 12.3 Å². The molecule has 7 heteroatoms. The molecule has 1 heterocycles. The van der Waals surface area contributed by atoms with E-state index in [1.54, 1.807) is 6.07 Å². The van der Waals surface area contributed by atoms with Gasteiger partial charge in [0.25, 0.3) is 0 Å². The molecule has 0 aliphatic carbocycles. The van der Waals surface area contributed by atoms with Crippen molar-refractivity contribution in [3.05, 3.63) is 35.4 Å². The Balaban J connectivity index is 2.23. The molecule has 2 atom stereocenters. The molecule has 19 heavy (non-hydrogen) atoms. The Labute approximate surface area is 107 Å². The molecule has 1 fully saturated rings. The van der Waals surface area contributed by atoms with Gasteiger partial charge in [0.15, 0.2) is 0 Å². The summed E-state index contributed by atoms with van der Waals surface area (Å²) in [5.74, 6) is -0.293. The lowest BCUT2D eigenvalue weighted by Gasteiger charge is -2.19. The summed E-state index contributed by atoms with van der Waals surface area (Å²) in [4.78, 5) is 10.6. The SMILES string of the molecule is O=C(O)NC1CNCC1c1cccc(C(F)(F)F)c1. The van der Waals surface area contributed by atoms with Crippen molar-refractivity contribution in [2.24, 2.45) is 0 Å². The Kier molecular flexibility index (Phi) is 3.66. The Hall–Kier alpha value is -1.76. The van der Waals surface area contributed by atoms with Crippen LogP contribution in [-0.2, 0) is 6.18 Å². The number of alkyl halides is 3. The Bertz CT molecular complexity index is 476. The fourth-order valence-electron chi connectivity index (χ4n) is 2.28. The predicted octanol–water partition coefficient (Wildman–Crippen LogP) is 2.03. The van der Waals surface area contributed by atoms with Gasteiger partial charge in [-0.05, 0) is 11.6 Å². The van der Waals surface area contributed by atoms with Crippen molar-refractivity contribution >= 4 is 6.09 Å². The van der Waals surface area contributed by atoms with E-state index in [0.717, 1.165) is 12.1 Å². The lowest BCUT2D eigenvalue weighted by Crippen LogP contribution is -2.38. The molecule has 0 saturated carbocycles. The van der Waals surface area contributed by atoms with Crippen molar-refractivity contribution in [1.29, 1.82) is 0 Å². The number of carboxylic acid groups (broad SMARTS) is 1. The monoisotopic (exact) mass is 274 g/mol. The average molecular weight is 274 g/mol. The number of benzene rings is 1. The van der Waals surface area contributed by atoms with Crippen LogP contribution in [0.15, 0.2) is 24.3 Å². The molecular weight excluding hydrogens is 261 g/mol. The number of hydrogen-bond donors (Lipinski definition) is 3. The zero-order valence-corrected chi connectivity index (χ0v) is 9.87. The highest BCUT2D eigenvalue weighted by Crippen LogP contribution is 2.32. The standard InChI is InChI=1S/C12H13F3N2O2/c13-12(14,15)8-3-1-2-7(4-8)9-5-16-6-10(9)17-11(18)19/h1-4,9-10,16-17H,5-6H2,(H,18,19). The highest BCUT2D eigenvalue weighted by Gasteiger charge is 2.34. The molecule has 104 valence electrons. The molecule has 1 amide bonds.